The number of nitrogen functional groups attached to an aromatic ring is 1. The van der Waals surface area contributed by atoms with E-state index in [1.165, 1.54) is 32.1 Å². The molecule has 1 aliphatic rings. The van der Waals surface area contributed by atoms with Crippen LogP contribution in [0.25, 0.3) is 0 Å². The van der Waals surface area contributed by atoms with Gasteiger partial charge >= 0.3 is 0 Å². The lowest BCUT2D eigenvalue weighted by Crippen LogP contribution is -2.19. The maximum absolute atomic E-state index is 6.10. The molecule has 1 fully saturated rings. The van der Waals surface area contributed by atoms with Gasteiger partial charge in [-0.2, -0.15) is 5.10 Å². The van der Waals surface area contributed by atoms with Gasteiger partial charge in [0.15, 0.2) is 0 Å². The fraction of sp³-hybridized carbons (Fsp3) is 0.786. The summed E-state index contributed by atoms with van der Waals surface area (Å²) in [6.45, 7) is 6.12. The SMILES string of the molecule is CCCn1nc(C)c(N)c1NCC1CCCCC1. The fourth-order valence-electron chi connectivity index (χ4n) is 2.79. The maximum Gasteiger partial charge on any atom is 0.148 e. The molecular weight excluding hydrogens is 224 g/mol. The van der Waals surface area contributed by atoms with Gasteiger partial charge in [-0.05, 0) is 32.1 Å². The third kappa shape index (κ3) is 2.98. The van der Waals surface area contributed by atoms with Crippen LogP contribution in [0.4, 0.5) is 11.5 Å². The third-order valence-electron chi connectivity index (χ3n) is 3.89. The first-order valence-electron chi connectivity index (χ1n) is 7.29. The summed E-state index contributed by atoms with van der Waals surface area (Å²) in [5, 5.41) is 8.03. The molecular formula is C14H26N4. The van der Waals surface area contributed by atoms with E-state index in [9.17, 15) is 0 Å². The summed E-state index contributed by atoms with van der Waals surface area (Å²) in [6.07, 6.45) is 7.97. The molecule has 0 amide bonds. The summed E-state index contributed by atoms with van der Waals surface area (Å²) in [7, 11) is 0. The molecule has 1 saturated carbocycles. The molecule has 0 radical (unpaired) electrons. The molecule has 4 heteroatoms. The van der Waals surface area contributed by atoms with E-state index in [4.69, 9.17) is 5.73 Å². The second kappa shape index (κ2) is 6.12. The van der Waals surface area contributed by atoms with Gasteiger partial charge in [0.1, 0.15) is 5.82 Å². The number of nitrogens with two attached hydrogens (primary N) is 1. The Hall–Kier alpha value is -1.19. The number of anilines is 2. The summed E-state index contributed by atoms with van der Waals surface area (Å²) in [4.78, 5) is 0. The Kier molecular flexibility index (Phi) is 4.50. The smallest absolute Gasteiger partial charge is 0.148 e. The molecule has 1 heterocycles. The first-order valence-corrected chi connectivity index (χ1v) is 7.29. The third-order valence-corrected chi connectivity index (χ3v) is 3.89. The standard InChI is InChI=1S/C14H26N4/c1-3-9-18-14(13(15)11(2)17-18)16-10-12-7-5-4-6-8-12/h12,16H,3-10,15H2,1-2H3. The summed E-state index contributed by atoms with van der Waals surface area (Å²) >= 11 is 0. The zero-order valence-corrected chi connectivity index (χ0v) is 11.7. The minimum atomic E-state index is 0.809. The van der Waals surface area contributed by atoms with Crippen LogP contribution in [0.1, 0.15) is 51.1 Å². The number of hydrogen-bond acceptors (Lipinski definition) is 3. The molecule has 0 spiro atoms. The van der Waals surface area contributed by atoms with Crippen molar-refractivity contribution in [2.75, 3.05) is 17.6 Å². The van der Waals surface area contributed by atoms with Gasteiger partial charge in [-0.1, -0.05) is 26.2 Å². The van der Waals surface area contributed by atoms with Gasteiger partial charge < -0.3 is 11.1 Å². The Balaban J connectivity index is 1.98. The average Bonchev–Trinajstić information content (AvgIpc) is 2.65. The molecule has 1 aromatic rings. The number of rotatable bonds is 5. The molecule has 0 atom stereocenters. The highest BCUT2D eigenvalue weighted by atomic mass is 15.3. The number of aromatic nitrogens is 2. The molecule has 3 N–H and O–H groups in total. The maximum atomic E-state index is 6.10. The molecule has 4 nitrogen and oxygen atoms in total. The average molecular weight is 250 g/mol. The summed E-state index contributed by atoms with van der Waals surface area (Å²) in [5.74, 6) is 1.84. The molecule has 0 aromatic carbocycles. The van der Waals surface area contributed by atoms with Crippen molar-refractivity contribution in [3.05, 3.63) is 5.69 Å². The molecule has 18 heavy (non-hydrogen) atoms. The van der Waals surface area contributed by atoms with Gasteiger partial charge in [0.05, 0.1) is 11.4 Å². The van der Waals surface area contributed by atoms with Crippen molar-refractivity contribution >= 4 is 11.5 Å². The Labute approximate surface area is 110 Å². The second-order valence-electron chi connectivity index (χ2n) is 5.46. The van der Waals surface area contributed by atoms with E-state index in [2.05, 4.69) is 17.3 Å². The molecule has 2 rings (SSSR count). The van der Waals surface area contributed by atoms with Crippen molar-refractivity contribution in [2.45, 2.75) is 58.9 Å². The number of nitrogens with zero attached hydrogens (tertiary/aromatic N) is 2. The zero-order chi connectivity index (χ0) is 13.0. The molecule has 0 saturated heterocycles. The minimum absolute atomic E-state index is 0.809. The van der Waals surface area contributed by atoms with Gasteiger partial charge in [0.2, 0.25) is 0 Å². The van der Waals surface area contributed by atoms with Gasteiger partial charge in [-0.15, -0.1) is 0 Å². The van der Waals surface area contributed by atoms with E-state index in [-0.39, 0.29) is 0 Å². The van der Waals surface area contributed by atoms with Crippen LogP contribution < -0.4 is 11.1 Å². The quantitative estimate of drug-likeness (QED) is 0.844. The monoisotopic (exact) mass is 250 g/mol. The van der Waals surface area contributed by atoms with Crippen LogP contribution in [-0.4, -0.2) is 16.3 Å². The first kappa shape index (κ1) is 13.2. The predicted octanol–water partition coefficient (Wildman–Crippen LogP) is 3.18. The van der Waals surface area contributed by atoms with Crippen molar-refractivity contribution in [3.63, 3.8) is 0 Å². The summed E-state index contributed by atoms with van der Waals surface area (Å²) in [5.41, 5.74) is 7.86. The van der Waals surface area contributed by atoms with E-state index in [0.717, 1.165) is 42.6 Å². The minimum Gasteiger partial charge on any atom is -0.394 e. The van der Waals surface area contributed by atoms with Gasteiger partial charge in [0, 0.05) is 13.1 Å². The molecule has 0 aliphatic heterocycles. The highest BCUT2D eigenvalue weighted by Gasteiger charge is 2.16. The predicted molar refractivity (Wildman–Crippen MR) is 76.7 cm³/mol. The van der Waals surface area contributed by atoms with E-state index in [1.807, 2.05) is 11.6 Å². The molecule has 0 bridgehead atoms. The Bertz CT molecular complexity index is 377. The van der Waals surface area contributed by atoms with Crippen LogP contribution in [-0.2, 0) is 6.54 Å². The molecule has 102 valence electrons. The first-order chi connectivity index (χ1) is 8.72. The van der Waals surface area contributed by atoms with E-state index < -0.39 is 0 Å². The van der Waals surface area contributed by atoms with Crippen LogP contribution >= 0.6 is 0 Å². The lowest BCUT2D eigenvalue weighted by molar-refractivity contribution is 0.372. The zero-order valence-electron chi connectivity index (χ0n) is 11.7. The molecule has 1 aliphatic carbocycles. The van der Waals surface area contributed by atoms with Crippen LogP contribution in [0.15, 0.2) is 0 Å². The number of hydrogen-bond donors (Lipinski definition) is 2. The topological polar surface area (TPSA) is 55.9 Å². The molecule has 0 unspecified atom stereocenters. The Morgan fingerprint density at radius 2 is 2.06 bits per heavy atom. The van der Waals surface area contributed by atoms with Crippen molar-refractivity contribution in [1.82, 2.24) is 9.78 Å². The summed E-state index contributed by atoms with van der Waals surface area (Å²) < 4.78 is 2.02. The van der Waals surface area contributed by atoms with Gasteiger partial charge in [-0.3, -0.25) is 0 Å². The van der Waals surface area contributed by atoms with Crippen molar-refractivity contribution < 1.29 is 0 Å². The van der Waals surface area contributed by atoms with Crippen LogP contribution in [0.2, 0.25) is 0 Å². The summed E-state index contributed by atoms with van der Waals surface area (Å²) in [6, 6.07) is 0. The molecule has 1 aromatic heterocycles. The van der Waals surface area contributed by atoms with Crippen molar-refractivity contribution in [2.24, 2.45) is 5.92 Å². The second-order valence-corrected chi connectivity index (χ2v) is 5.46. The Morgan fingerprint density at radius 3 is 2.72 bits per heavy atom. The van der Waals surface area contributed by atoms with Crippen molar-refractivity contribution in [3.8, 4) is 0 Å². The van der Waals surface area contributed by atoms with Gasteiger partial charge in [0.25, 0.3) is 0 Å². The van der Waals surface area contributed by atoms with Crippen molar-refractivity contribution in [1.29, 1.82) is 0 Å². The van der Waals surface area contributed by atoms with E-state index in [1.54, 1.807) is 0 Å². The van der Waals surface area contributed by atoms with Crippen LogP contribution in [0, 0.1) is 12.8 Å². The number of nitrogens with one attached hydrogen (secondary N) is 1. The van der Waals surface area contributed by atoms with E-state index in [0.29, 0.717) is 0 Å². The normalized spacial score (nSPS) is 17.0. The van der Waals surface area contributed by atoms with E-state index >= 15 is 0 Å². The highest BCUT2D eigenvalue weighted by molar-refractivity contribution is 5.64. The fourth-order valence-corrected chi connectivity index (χ4v) is 2.79. The van der Waals surface area contributed by atoms with Crippen LogP contribution in [0.3, 0.4) is 0 Å². The lowest BCUT2D eigenvalue weighted by atomic mass is 9.89. The highest BCUT2D eigenvalue weighted by Crippen LogP contribution is 2.26. The Morgan fingerprint density at radius 1 is 1.33 bits per heavy atom. The van der Waals surface area contributed by atoms with Gasteiger partial charge in [-0.25, -0.2) is 4.68 Å². The largest absolute Gasteiger partial charge is 0.394 e. The lowest BCUT2D eigenvalue weighted by Gasteiger charge is -2.22. The van der Waals surface area contributed by atoms with Crippen LogP contribution in [0.5, 0.6) is 0 Å². The number of aryl methyl sites for hydroxylation is 2.